The number of aromatic nitrogens is 1. The predicted octanol–water partition coefficient (Wildman–Crippen LogP) is 2.79. The Balaban J connectivity index is 1.65. The summed E-state index contributed by atoms with van der Waals surface area (Å²) in [5, 5.41) is 3.11. The Morgan fingerprint density at radius 1 is 1.00 bits per heavy atom. The minimum Gasteiger partial charge on any atom is -0.489 e. The van der Waals surface area contributed by atoms with Crippen LogP contribution in [0.2, 0.25) is 0 Å². The van der Waals surface area contributed by atoms with Gasteiger partial charge in [-0.25, -0.2) is 0 Å². The van der Waals surface area contributed by atoms with Gasteiger partial charge in [-0.1, -0.05) is 30.3 Å². The second-order valence-corrected chi connectivity index (χ2v) is 5.56. The van der Waals surface area contributed by atoms with Crippen LogP contribution in [0, 0.1) is 0 Å². The summed E-state index contributed by atoms with van der Waals surface area (Å²) < 4.78 is 5.83. The highest BCUT2D eigenvalue weighted by Crippen LogP contribution is 2.30. The topological polar surface area (TPSA) is 71.2 Å². The van der Waals surface area contributed by atoms with Gasteiger partial charge in [-0.15, -0.1) is 0 Å². The van der Waals surface area contributed by atoms with Gasteiger partial charge in [0.25, 0.3) is 11.8 Å². The van der Waals surface area contributed by atoms with Crippen LogP contribution in [0.15, 0.2) is 60.8 Å². The second kappa shape index (κ2) is 5.70. The maximum Gasteiger partial charge on any atom is 0.258 e. The number of hydrogen-bond donors (Lipinski definition) is 2. The number of carbonyl (C=O) groups is 2. The fourth-order valence-corrected chi connectivity index (χ4v) is 2.77. The molecule has 1 aliphatic heterocycles. The van der Waals surface area contributed by atoms with Crippen molar-refractivity contribution in [2.75, 3.05) is 0 Å². The van der Waals surface area contributed by atoms with Gasteiger partial charge >= 0.3 is 0 Å². The molecule has 0 unspecified atom stereocenters. The SMILES string of the molecule is O=C1C=C(c2c[nH]c3ccc(OCc4ccccc4)cc23)C(=O)N1. The van der Waals surface area contributed by atoms with Crippen molar-refractivity contribution in [3.8, 4) is 5.75 Å². The first kappa shape index (κ1) is 14.3. The van der Waals surface area contributed by atoms with Crippen molar-refractivity contribution < 1.29 is 14.3 Å². The lowest BCUT2D eigenvalue weighted by Crippen LogP contribution is -2.21. The quantitative estimate of drug-likeness (QED) is 0.727. The number of nitrogens with one attached hydrogen (secondary N) is 2. The molecule has 2 aromatic carbocycles. The van der Waals surface area contributed by atoms with Gasteiger partial charge in [0, 0.05) is 28.7 Å². The molecule has 0 spiro atoms. The minimum absolute atomic E-state index is 0.367. The van der Waals surface area contributed by atoms with E-state index in [0.29, 0.717) is 23.5 Å². The monoisotopic (exact) mass is 318 g/mol. The Morgan fingerprint density at radius 2 is 1.83 bits per heavy atom. The Labute approximate surface area is 137 Å². The first-order valence-corrected chi connectivity index (χ1v) is 7.56. The number of fused-ring (bicyclic) bond motifs is 1. The van der Waals surface area contributed by atoms with Gasteiger partial charge in [-0.2, -0.15) is 0 Å². The van der Waals surface area contributed by atoms with E-state index in [-0.39, 0.29) is 11.8 Å². The maximum absolute atomic E-state index is 11.9. The number of benzene rings is 2. The summed E-state index contributed by atoms with van der Waals surface area (Å²) in [7, 11) is 0. The molecule has 0 atom stereocenters. The van der Waals surface area contributed by atoms with Crippen molar-refractivity contribution in [2.24, 2.45) is 0 Å². The average Bonchev–Trinajstić information content (AvgIpc) is 3.16. The summed E-state index contributed by atoms with van der Waals surface area (Å²) in [6.07, 6.45) is 3.05. The lowest BCUT2D eigenvalue weighted by Gasteiger charge is -2.07. The molecule has 1 aromatic heterocycles. The second-order valence-electron chi connectivity index (χ2n) is 5.56. The molecule has 3 aromatic rings. The Morgan fingerprint density at radius 3 is 2.58 bits per heavy atom. The van der Waals surface area contributed by atoms with Crippen LogP contribution in [0.25, 0.3) is 16.5 Å². The van der Waals surface area contributed by atoms with Crippen molar-refractivity contribution >= 4 is 28.3 Å². The van der Waals surface area contributed by atoms with Crippen LogP contribution in [0.4, 0.5) is 0 Å². The summed E-state index contributed by atoms with van der Waals surface area (Å²) in [4.78, 5) is 26.4. The normalized spacial score (nSPS) is 13.9. The van der Waals surface area contributed by atoms with Gasteiger partial charge < -0.3 is 9.72 Å². The molecule has 118 valence electrons. The molecule has 2 heterocycles. The molecule has 0 aliphatic carbocycles. The van der Waals surface area contributed by atoms with Crippen LogP contribution in [0.3, 0.4) is 0 Å². The molecule has 5 nitrogen and oxygen atoms in total. The first-order valence-electron chi connectivity index (χ1n) is 7.56. The molecule has 4 rings (SSSR count). The van der Waals surface area contributed by atoms with E-state index < -0.39 is 0 Å². The van der Waals surface area contributed by atoms with Gasteiger partial charge in [0.2, 0.25) is 0 Å². The fourth-order valence-electron chi connectivity index (χ4n) is 2.77. The van der Waals surface area contributed by atoms with Crippen molar-refractivity contribution in [3.63, 3.8) is 0 Å². The maximum atomic E-state index is 11.9. The molecule has 1 aliphatic rings. The smallest absolute Gasteiger partial charge is 0.258 e. The van der Waals surface area contributed by atoms with Crippen LogP contribution in [-0.4, -0.2) is 16.8 Å². The van der Waals surface area contributed by atoms with Gasteiger partial charge in [-0.05, 0) is 23.8 Å². The number of hydrogen-bond acceptors (Lipinski definition) is 3. The summed E-state index contributed by atoms with van der Waals surface area (Å²) in [5.41, 5.74) is 3.02. The number of H-pyrrole nitrogens is 1. The molecule has 0 bridgehead atoms. The molecule has 0 fully saturated rings. The molecule has 0 radical (unpaired) electrons. The highest BCUT2D eigenvalue weighted by atomic mass is 16.5. The Hall–Kier alpha value is -3.34. The molecule has 2 amide bonds. The highest BCUT2D eigenvalue weighted by Gasteiger charge is 2.24. The van der Waals surface area contributed by atoms with E-state index >= 15 is 0 Å². The number of ether oxygens (including phenoxy) is 1. The van der Waals surface area contributed by atoms with Crippen molar-refractivity contribution in [1.82, 2.24) is 10.3 Å². The van der Waals surface area contributed by atoms with Gasteiger partial charge in [-0.3, -0.25) is 14.9 Å². The van der Waals surface area contributed by atoms with Crippen molar-refractivity contribution in [1.29, 1.82) is 0 Å². The zero-order chi connectivity index (χ0) is 16.5. The van der Waals surface area contributed by atoms with Crippen LogP contribution < -0.4 is 10.1 Å². The van der Waals surface area contributed by atoms with E-state index in [1.54, 1.807) is 6.20 Å². The molecule has 24 heavy (non-hydrogen) atoms. The van der Waals surface area contributed by atoms with E-state index in [2.05, 4.69) is 10.3 Å². The number of carbonyl (C=O) groups excluding carboxylic acids is 2. The average molecular weight is 318 g/mol. The third kappa shape index (κ3) is 2.56. The van der Waals surface area contributed by atoms with E-state index in [9.17, 15) is 9.59 Å². The lowest BCUT2D eigenvalue weighted by atomic mass is 10.1. The summed E-state index contributed by atoms with van der Waals surface area (Å²) in [6, 6.07) is 15.5. The Kier molecular flexibility index (Phi) is 3.39. The first-order chi connectivity index (χ1) is 11.7. The molecular formula is C19H14N2O3. The molecule has 0 saturated carbocycles. The van der Waals surface area contributed by atoms with E-state index in [1.807, 2.05) is 48.5 Å². The van der Waals surface area contributed by atoms with Crippen LogP contribution in [0.5, 0.6) is 5.75 Å². The lowest BCUT2D eigenvalue weighted by molar-refractivity contribution is -0.123. The van der Waals surface area contributed by atoms with Crippen molar-refractivity contribution in [3.05, 3.63) is 71.9 Å². The van der Waals surface area contributed by atoms with E-state index in [0.717, 1.165) is 16.5 Å². The van der Waals surface area contributed by atoms with Crippen LogP contribution in [0.1, 0.15) is 11.1 Å². The zero-order valence-electron chi connectivity index (χ0n) is 12.7. The number of aromatic amines is 1. The molecular weight excluding hydrogens is 304 g/mol. The van der Waals surface area contributed by atoms with Crippen LogP contribution >= 0.6 is 0 Å². The molecule has 2 N–H and O–H groups in total. The summed E-state index contributed by atoms with van der Waals surface area (Å²) in [6.45, 7) is 0.466. The zero-order valence-corrected chi connectivity index (χ0v) is 12.7. The minimum atomic E-state index is -0.388. The van der Waals surface area contributed by atoms with E-state index in [1.165, 1.54) is 6.08 Å². The van der Waals surface area contributed by atoms with Gasteiger partial charge in [0.05, 0.1) is 5.57 Å². The summed E-state index contributed by atoms with van der Waals surface area (Å²) in [5.74, 6) is -0.0603. The third-order valence-electron chi connectivity index (χ3n) is 3.95. The molecule has 5 heteroatoms. The summed E-state index contributed by atoms with van der Waals surface area (Å²) >= 11 is 0. The molecule has 0 saturated heterocycles. The van der Waals surface area contributed by atoms with Gasteiger partial charge in [0.15, 0.2) is 0 Å². The fraction of sp³-hybridized carbons (Fsp3) is 0.0526. The Bertz CT molecular complexity index is 971. The standard InChI is InChI=1S/C19H14N2O3/c22-18-9-15(19(23)21-18)16-10-20-17-7-6-13(8-14(16)17)24-11-12-4-2-1-3-5-12/h1-10,20H,11H2,(H,21,22,23). The van der Waals surface area contributed by atoms with Gasteiger partial charge in [0.1, 0.15) is 12.4 Å². The number of imide groups is 1. The largest absolute Gasteiger partial charge is 0.489 e. The highest BCUT2D eigenvalue weighted by molar-refractivity contribution is 6.35. The van der Waals surface area contributed by atoms with Crippen molar-refractivity contribution in [2.45, 2.75) is 6.61 Å². The number of amides is 2. The van der Waals surface area contributed by atoms with E-state index in [4.69, 9.17) is 4.74 Å². The predicted molar refractivity (Wildman–Crippen MR) is 90.2 cm³/mol. The third-order valence-corrected chi connectivity index (χ3v) is 3.95. The van der Waals surface area contributed by atoms with Crippen LogP contribution in [-0.2, 0) is 16.2 Å². The number of rotatable bonds is 4.